The first kappa shape index (κ1) is 23.3. The molecule has 33 heavy (non-hydrogen) atoms. The molecule has 0 spiro atoms. The first-order valence-corrected chi connectivity index (χ1v) is 11.0. The number of pyridine rings is 1. The van der Waals surface area contributed by atoms with Crippen LogP contribution in [0, 0.1) is 11.7 Å². The van der Waals surface area contributed by atoms with Crippen molar-refractivity contribution in [3.8, 4) is 5.75 Å². The summed E-state index contributed by atoms with van der Waals surface area (Å²) in [5.41, 5.74) is 5.22. The fraction of sp³-hybridized carbons (Fsp3) is 0.381. The average molecular weight is 484 g/mol. The normalized spacial score (nSPS) is 24.7. The van der Waals surface area contributed by atoms with Crippen molar-refractivity contribution in [1.82, 2.24) is 4.98 Å². The number of carbonyl (C=O) groups excluding carboxylic acids is 1. The largest absolute Gasteiger partial charge is 0.433 e. The molecule has 1 aromatic heterocycles. The van der Waals surface area contributed by atoms with Crippen molar-refractivity contribution in [2.45, 2.75) is 24.7 Å². The number of aromatic nitrogens is 1. The number of amides is 1. The molecule has 3 atom stereocenters. The summed E-state index contributed by atoms with van der Waals surface area (Å²) in [6.07, 6.45) is 0.549. The number of halogens is 4. The van der Waals surface area contributed by atoms with Crippen LogP contribution in [0.2, 0.25) is 0 Å². The van der Waals surface area contributed by atoms with Gasteiger partial charge in [-0.05, 0) is 30.3 Å². The zero-order valence-electron chi connectivity index (χ0n) is 17.1. The van der Waals surface area contributed by atoms with Gasteiger partial charge in [-0.1, -0.05) is 11.8 Å². The van der Waals surface area contributed by atoms with Gasteiger partial charge in [0.2, 0.25) is 0 Å². The van der Waals surface area contributed by atoms with E-state index in [1.54, 1.807) is 0 Å². The van der Waals surface area contributed by atoms with Crippen LogP contribution < -0.4 is 15.8 Å². The zero-order chi connectivity index (χ0) is 23.6. The zero-order valence-corrected chi connectivity index (χ0v) is 18.0. The van der Waals surface area contributed by atoms with Crippen molar-refractivity contribution in [2.24, 2.45) is 16.6 Å². The molecule has 0 unspecified atom stereocenters. The summed E-state index contributed by atoms with van der Waals surface area (Å²) in [6.45, 7) is -3.57. The standard InChI is InChI=1S/C21H20F4N4O3S/c22-8-17-14-10-33-20(26)29-21(14,5-6-31-17)13-7-11(1-3-15(13)23)28-18(30)16-4-2-12(9-27-16)32-19(24)25/h1-4,7,9,14,17,19H,5-6,8,10H2,(H2,26,29)(H,28,30)/t14-,17-,21-/m1/s1. The maximum absolute atomic E-state index is 15.0. The average Bonchev–Trinajstić information content (AvgIpc) is 2.79. The van der Waals surface area contributed by atoms with Gasteiger partial charge >= 0.3 is 6.61 Å². The first-order valence-electron chi connectivity index (χ1n) is 10.0. The Kier molecular flexibility index (Phi) is 6.75. The number of thioether (sulfide) groups is 1. The van der Waals surface area contributed by atoms with E-state index in [1.165, 1.54) is 42.1 Å². The number of benzene rings is 1. The number of rotatable bonds is 6. The minimum atomic E-state index is -3.01. The van der Waals surface area contributed by atoms with E-state index in [0.29, 0.717) is 12.2 Å². The van der Waals surface area contributed by atoms with Gasteiger partial charge in [-0.2, -0.15) is 8.78 Å². The predicted octanol–water partition coefficient (Wildman–Crippen LogP) is 3.71. The molecule has 176 valence electrons. The maximum atomic E-state index is 15.0. The number of amidine groups is 1. The van der Waals surface area contributed by atoms with Gasteiger partial charge in [0.25, 0.3) is 5.91 Å². The lowest BCUT2D eigenvalue weighted by Gasteiger charge is -2.47. The second-order valence-corrected chi connectivity index (χ2v) is 8.55. The van der Waals surface area contributed by atoms with Gasteiger partial charge < -0.3 is 20.5 Å². The molecule has 3 N–H and O–H groups in total. The SMILES string of the molecule is NC1=N[C@@]2(c3cc(NC(=O)c4ccc(OC(F)F)cn4)ccc3F)CCO[C@H](CF)[C@H]2CS1. The molecule has 1 fully saturated rings. The Balaban J connectivity index is 1.62. The van der Waals surface area contributed by atoms with Crippen LogP contribution >= 0.6 is 11.8 Å². The molecule has 0 radical (unpaired) electrons. The molecule has 2 aromatic rings. The summed E-state index contributed by atoms with van der Waals surface area (Å²) in [4.78, 5) is 20.9. The van der Waals surface area contributed by atoms with Crippen molar-refractivity contribution in [1.29, 1.82) is 0 Å². The summed E-state index contributed by atoms with van der Waals surface area (Å²) >= 11 is 1.26. The summed E-state index contributed by atoms with van der Waals surface area (Å²) in [7, 11) is 0. The Labute approximate surface area is 190 Å². The topological polar surface area (TPSA) is 98.8 Å². The molecule has 0 saturated carbocycles. The van der Waals surface area contributed by atoms with E-state index in [4.69, 9.17) is 10.5 Å². The Morgan fingerprint density at radius 2 is 2.18 bits per heavy atom. The van der Waals surface area contributed by atoms with Crippen LogP contribution in [-0.2, 0) is 10.3 Å². The van der Waals surface area contributed by atoms with Crippen molar-refractivity contribution < 1.29 is 31.8 Å². The summed E-state index contributed by atoms with van der Waals surface area (Å²) in [6, 6.07) is 6.41. The molecule has 0 aliphatic carbocycles. The van der Waals surface area contributed by atoms with Gasteiger partial charge in [0, 0.05) is 35.9 Å². The molecule has 4 rings (SSSR count). The van der Waals surface area contributed by atoms with Crippen LogP contribution in [0.15, 0.2) is 41.5 Å². The first-order chi connectivity index (χ1) is 15.8. The summed E-state index contributed by atoms with van der Waals surface area (Å²) in [5, 5.41) is 2.88. The highest BCUT2D eigenvalue weighted by Crippen LogP contribution is 2.48. The third-order valence-corrected chi connectivity index (χ3v) is 6.55. The van der Waals surface area contributed by atoms with Crippen molar-refractivity contribution >= 4 is 28.5 Å². The molecule has 1 saturated heterocycles. The number of nitrogens with one attached hydrogen (secondary N) is 1. The van der Waals surface area contributed by atoms with Gasteiger partial charge in [-0.25, -0.2) is 13.8 Å². The van der Waals surface area contributed by atoms with Crippen molar-refractivity contribution in [2.75, 3.05) is 24.4 Å². The van der Waals surface area contributed by atoms with E-state index >= 15 is 4.39 Å². The Bertz CT molecular complexity index is 1060. The molecular formula is C21H20F4N4O3S. The number of alkyl halides is 3. The minimum Gasteiger partial charge on any atom is -0.433 e. The number of hydrogen-bond donors (Lipinski definition) is 2. The summed E-state index contributed by atoms with van der Waals surface area (Å²) in [5.74, 6) is -1.42. The predicted molar refractivity (Wildman–Crippen MR) is 115 cm³/mol. The number of nitrogens with two attached hydrogens (primary N) is 1. The van der Waals surface area contributed by atoms with Crippen molar-refractivity contribution in [3.05, 3.63) is 53.6 Å². The highest BCUT2D eigenvalue weighted by Gasteiger charge is 2.51. The number of hydrogen-bond acceptors (Lipinski definition) is 7. The Hall–Kier alpha value is -2.86. The number of aliphatic imine (C=N–C) groups is 1. The molecule has 7 nitrogen and oxygen atoms in total. The van der Waals surface area contributed by atoms with Gasteiger partial charge in [0.15, 0.2) is 5.17 Å². The van der Waals surface area contributed by atoms with E-state index < -0.39 is 42.6 Å². The van der Waals surface area contributed by atoms with E-state index in [9.17, 15) is 18.0 Å². The van der Waals surface area contributed by atoms with Crippen LogP contribution in [0.3, 0.4) is 0 Å². The molecule has 1 amide bonds. The molecule has 0 bridgehead atoms. The highest BCUT2D eigenvalue weighted by molar-refractivity contribution is 8.13. The molecule has 2 aliphatic heterocycles. The highest BCUT2D eigenvalue weighted by atomic mass is 32.2. The lowest BCUT2D eigenvalue weighted by Crippen LogP contribution is -2.52. The maximum Gasteiger partial charge on any atom is 0.387 e. The summed E-state index contributed by atoms with van der Waals surface area (Å²) < 4.78 is 63.0. The monoisotopic (exact) mass is 484 g/mol. The molecule has 3 heterocycles. The van der Waals surface area contributed by atoms with Gasteiger partial charge in [-0.3, -0.25) is 9.79 Å². The third kappa shape index (κ3) is 4.76. The quantitative estimate of drug-likeness (QED) is 0.607. The van der Waals surface area contributed by atoms with Crippen LogP contribution in [0.1, 0.15) is 22.5 Å². The number of nitrogens with zero attached hydrogens (tertiary/aromatic N) is 2. The number of anilines is 1. The Morgan fingerprint density at radius 1 is 1.36 bits per heavy atom. The van der Waals surface area contributed by atoms with Crippen LogP contribution in [0.25, 0.3) is 0 Å². The number of ether oxygens (including phenoxy) is 2. The van der Waals surface area contributed by atoms with E-state index in [1.807, 2.05) is 0 Å². The molecule has 12 heteroatoms. The van der Waals surface area contributed by atoms with E-state index in [2.05, 4.69) is 20.0 Å². The van der Waals surface area contributed by atoms with Gasteiger partial charge in [0.1, 0.15) is 23.9 Å². The molecule has 2 aliphatic rings. The molecule has 1 aromatic carbocycles. The smallest absolute Gasteiger partial charge is 0.387 e. The van der Waals surface area contributed by atoms with Crippen LogP contribution in [0.5, 0.6) is 5.75 Å². The fourth-order valence-corrected chi connectivity index (χ4v) is 5.20. The number of carbonyl (C=O) groups is 1. The Morgan fingerprint density at radius 3 is 2.88 bits per heavy atom. The third-order valence-electron chi connectivity index (χ3n) is 5.63. The van der Waals surface area contributed by atoms with E-state index in [0.717, 1.165) is 6.20 Å². The second-order valence-electron chi connectivity index (χ2n) is 7.51. The molecular weight excluding hydrogens is 464 g/mol. The lowest BCUT2D eigenvalue weighted by molar-refractivity contribution is -0.0714. The van der Waals surface area contributed by atoms with Crippen LogP contribution in [0.4, 0.5) is 23.2 Å². The second kappa shape index (κ2) is 9.56. The lowest BCUT2D eigenvalue weighted by atomic mass is 9.72. The van der Waals surface area contributed by atoms with Crippen molar-refractivity contribution in [3.63, 3.8) is 0 Å². The van der Waals surface area contributed by atoms with Gasteiger partial charge in [0.05, 0.1) is 17.8 Å². The fourth-order valence-electron chi connectivity index (χ4n) is 4.13. The van der Waals surface area contributed by atoms with Gasteiger partial charge in [-0.15, -0.1) is 0 Å². The minimum absolute atomic E-state index is 0.0570. The van der Waals surface area contributed by atoms with E-state index in [-0.39, 0.29) is 34.5 Å². The van der Waals surface area contributed by atoms with Crippen LogP contribution in [-0.4, -0.2) is 47.8 Å². The number of fused-ring (bicyclic) bond motifs is 1.